The number of nitrogens with one attached hydrogen (secondary N) is 1. The monoisotopic (exact) mass is 570 g/mol. The molecule has 4 atom stereocenters. The van der Waals surface area contributed by atoms with Gasteiger partial charge in [-0.25, -0.2) is 4.79 Å². The lowest BCUT2D eigenvalue weighted by molar-refractivity contribution is -0.0220. The summed E-state index contributed by atoms with van der Waals surface area (Å²) in [5.41, 5.74) is 8.29. The van der Waals surface area contributed by atoms with E-state index in [0.29, 0.717) is 18.6 Å². The van der Waals surface area contributed by atoms with Gasteiger partial charge < -0.3 is 4.74 Å². The maximum Gasteiger partial charge on any atom is 0.521 e. The molecule has 2 rings (SSSR count). The summed E-state index contributed by atoms with van der Waals surface area (Å²) in [6.07, 6.45) is 18.7. The third-order valence-corrected chi connectivity index (χ3v) is 8.28. The molecule has 12 heteroatoms. The molecule has 0 spiro atoms. The summed E-state index contributed by atoms with van der Waals surface area (Å²) in [6, 6.07) is -0.520. The van der Waals surface area contributed by atoms with Gasteiger partial charge in [-0.2, -0.15) is 0 Å². The third kappa shape index (κ3) is 12.5. The molecule has 1 unspecified atom stereocenters. The van der Waals surface area contributed by atoms with Crippen molar-refractivity contribution in [3.05, 3.63) is 43.0 Å². The van der Waals surface area contributed by atoms with Crippen LogP contribution in [0, 0.1) is 6.92 Å². The number of azide groups is 1. The Bertz CT molecular complexity index is 997. The van der Waals surface area contributed by atoms with Crippen LogP contribution in [0.15, 0.2) is 20.9 Å². The molecular formula is C26H45N5O5PS+. The lowest BCUT2D eigenvalue weighted by Gasteiger charge is -2.15. The van der Waals surface area contributed by atoms with Crippen molar-refractivity contribution in [1.82, 2.24) is 9.55 Å². The van der Waals surface area contributed by atoms with Crippen molar-refractivity contribution in [2.24, 2.45) is 5.11 Å². The molecule has 0 amide bonds. The van der Waals surface area contributed by atoms with Crippen LogP contribution in [-0.2, 0) is 25.6 Å². The van der Waals surface area contributed by atoms with Crippen molar-refractivity contribution in [1.29, 1.82) is 0 Å². The van der Waals surface area contributed by atoms with Gasteiger partial charge in [-0.15, -0.1) is 9.05 Å². The number of H-pyrrole nitrogens is 1. The first-order valence-electron chi connectivity index (χ1n) is 14.2. The molecule has 1 aliphatic rings. The van der Waals surface area contributed by atoms with Crippen molar-refractivity contribution in [2.75, 3.05) is 13.2 Å². The van der Waals surface area contributed by atoms with Crippen LogP contribution in [0.1, 0.15) is 115 Å². The minimum atomic E-state index is -1.50. The molecule has 1 aliphatic heterocycles. The van der Waals surface area contributed by atoms with Crippen LogP contribution in [-0.4, -0.2) is 34.9 Å². The molecule has 0 saturated carbocycles. The summed E-state index contributed by atoms with van der Waals surface area (Å²) in [5.74, 6) is 0. The first kappa shape index (κ1) is 32.6. The van der Waals surface area contributed by atoms with Gasteiger partial charge in [0.15, 0.2) is 0 Å². The summed E-state index contributed by atoms with van der Waals surface area (Å²) < 4.78 is 18.6. The fraction of sp³-hybridized carbons (Fsp3) is 0.846. The van der Waals surface area contributed by atoms with Crippen LogP contribution < -0.4 is 11.2 Å². The SMILES string of the molecule is CCCCCCCCCCCCCCCCO[P+](=S)OC[C@H]1O[C@@H](n2cc(C)c(=O)[nH]c2=O)C[C@@H]1N=[N+]=[N-]. The number of hydrogen-bond acceptors (Lipinski definition) is 7. The molecule has 0 radical (unpaired) electrons. The summed E-state index contributed by atoms with van der Waals surface area (Å²) in [4.78, 5) is 29.0. The highest BCUT2D eigenvalue weighted by atomic mass is 32.4. The molecule has 0 bridgehead atoms. The Balaban J connectivity index is 1.55. The number of aryl methyl sites for hydroxylation is 1. The average molecular weight is 571 g/mol. The zero-order chi connectivity index (χ0) is 27.6. The molecule has 1 fully saturated rings. The van der Waals surface area contributed by atoms with Gasteiger partial charge in [-0.1, -0.05) is 95.5 Å². The normalized spacial score (nSPS) is 19.4. The number of aromatic amines is 1. The molecule has 1 aromatic rings. The molecule has 1 N–H and O–H groups in total. The van der Waals surface area contributed by atoms with Gasteiger partial charge in [0, 0.05) is 23.1 Å². The predicted molar refractivity (Wildman–Crippen MR) is 154 cm³/mol. The Morgan fingerprint density at radius 3 is 2.21 bits per heavy atom. The van der Waals surface area contributed by atoms with E-state index in [1.807, 2.05) is 0 Å². The summed E-state index contributed by atoms with van der Waals surface area (Å²) >= 11 is 5.32. The predicted octanol–water partition coefficient (Wildman–Crippen LogP) is 7.10. The number of nitrogens with zero attached hydrogens (tertiary/aromatic N) is 4. The average Bonchev–Trinajstić information content (AvgIpc) is 3.29. The first-order chi connectivity index (χ1) is 18.5. The molecule has 10 nitrogen and oxygen atoms in total. The highest BCUT2D eigenvalue weighted by Crippen LogP contribution is 2.33. The van der Waals surface area contributed by atoms with Gasteiger partial charge in [0.05, 0.1) is 12.1 Å². The molecule has 214 valence electrons. The van der Waals surface area contributed by atoms with Gasteiger partial charge >= 0.3 is 12.8 Å². The molecule has 2 heterocycles. The van der Waals surface area contributed by atoms with E-state index in [1.54, 1.807) is 6.92 Å². The van der Waals surface area contributed by atoms with E-state index in [-0.39, 0.29) is 6.61 Å². The third-order valence-electron chi connectivity index (χ3n) is 6.90. The number of aromatic nitrogens is 2. The van der Waals surface area contributed by atoms with E-state index in [0.717, 1.165) is 12.8 Å². The van der Waals surface area contributed by atoms with Crippen molar-refractivity contribution in [3.8, 4) is 0 Å². The Kier molecular flexibility index (Phi) is 16.7. The van der Waals surface area contributed by atoms with E-state index in [4.69, 9.17) is 31.1 Å². The van der Waals surface area contributed by atoms with E-state index in [1.165, 1.54) is 87.8 Å². The van der Waals surface area contributed by atoms with E-state index in [2.05, 4.69) is 21.9 Å². The fourth-order valence-corrected chi connectivity index (χ4v) is 5.66. The Labute approximate surface area is 232 Å². The highest BCUT2D eigenvalue weighted by Gasteiger charge is 2.38. The van der Waals surface area contributed by atoms with Crippen molar-refractivity contribution in [3.63, 3.8) is 0 Å². The van der Waals surface area contributed by atoms with Crippen LogP contribution in [0.25, 0.3) is 10.4 Å². The highest BCUT2D eigenvalue weighted by molar-refractivity contribution is 8.00. The van der Waals surface area contributed by atoms with E-state index < -0.39 is 36.8 Å². The number of unbranched alkanes of at least 4 members (excludes halogenated alkanes) is 13. The van der Waals surface area contributed by atoms with Crippen LogP contribution in [0.5, 0.6) is 0 Å². The van der Waals surface area contributed by atoms with Crippen molar-refractivity contribution < 1.29 is 13.8 Å². The minimum Gasteiger partial charge on any atom is -0.352 e. The fourth-order valence-electron chi connectivity index (χ4n) is 4.63. The van der Waals surface area contributed by atoms with Gasteiger partial charge in [-0.05, 0) is 18.9 Å². The Hall–Kier alpha value is -1.61. The van der Waals surface area contributed by atoms with E-state index in [9.17, 15) is 9.59 Å². The minimum absolute atomic E-state index is 0.102. The van der Waals surface area contributed by atoms with Crippen LogP contribution in [0.2, 0.25) is 0 Å². The van der Waals surface area contributed by atoms with E-state index >= 15 is 0 Å². The van der Waals surface area contributed by atoms with Crippen molar-refractivity contribution in [2.45, 2.75) is 129 Å². The smallest absolute Gasteiger partial charge is 0.352 e. The standard InChI is InChI=1S/C26H44N5O5PS/c1-3-4-5-6-7-8-9-10-11-12-13-14-15-16-17-34-37(38)35-20-23-22(29-30-27)18-24(36-23)31-19-21(2)25(32)28-26(31)33/h19,22-24H,3-18,20H2,1-2H3/p+1/t22-,23+,24+/m0/s1. The summed E-state index contributed by atoms with van der Waals surface area (Å²) in [7, 11) is -1.50. The maximum absolute atomic E-state index is 12.2. The molecule has 0 aromatic carbocycles. The van der Waals surface area contributed by atoms with Crippen molar-refractivity contribution >= 4 is 19.0 Å². The maximum atomic E-state index is 12.2. The van der Waals surface area contributed by atoms with Gasteiger partial charge in [0.25, 0.3) is 5.56 Å². The Morgan fingerprint density at radius 1 is 1.05 bits per heavy atom. The molecule has 38 heavy (non-hydrogen) atoms. The Morgan fingerprint density at radius 2 is 1.63 bits per heavy atom. The molecule has 1 saturated heterocycles. The number of ether oxygens (including phenoxy) is 1. The summed E-state index contributed by atoms with van der Waals surface area (Å²) in [6.45, 7) is 4.53. The quantitative estimate of drug-likeness (QED) is 0.0551. The van der Waals surface area contributed by atoms with Gasteiger partial charge in [0.1, 0.15) is 19.4 Å². The second-order valence-corrected chi connectivity index (χ2v) is 11.9. The molecular weight excluding hydrogens is 525 g/mol. The largest absolute Gasteiger partial charge is 0.521 e. The topological polar surface area (TPSA) is 131 Å². The van der Waals surface area contributed by atoms with Crippen LogP contribution >= 0.6 is 7.15 Å². The number of rotatable bonds is 21. The summed E-state index contributed by atoms with van der Waals surface area (Å²) in [5, 5.41) is 3.79. The molecule has 1 aromatic heterocycles. The molecule has 0 aliphatic carbocycles. The second-order valence-electron chi connectivity index (χ2n) is 10.1. The lowest BCUT2D eigenvalue weighted by Crippen LogP contribution is -2.33. The zero-order valence-corrected chi connectivity index (χ0v) is 24.7. The zero-order valence-electron chi connectivity index (χ0n) is 23.0. The van der Waals surface area contributed by atoms with Crippen LogP contribution in [0.4, 0.5) is 0 Å². The number of hydrogen-bond donors (Lipinski definition) is 1. The van der Waals surface area contributed by atoms with Gasteiger partial charge in [-0.3, -0.25) is 14.3 Å². The second kappa shape index (κ2) is 19.4. The first-order valence-corrected chi connectivity index (χ1v) is 16.4. The van der Waals surface area contributed by atoms with Gasteiger partial charge in [0.2, 0.25) is 11.8 Å². The van der Waals surface area contributed by atoms with Crippen LogP contribution in [0.3, 0.4) is 0 Å². The lowest BCUT2D eigenvalue weighted by atomic mass is 10.0.